The molecular formula is C21H18N2O5S. The summed E-state index contributed by atoms with van der Waals surface area (Å²) in [5.41, 5.74) is 1.89. The van der Waals surface area contributed by atoms with Crippen LogP contribution in [0, 0.1) is 0 Å². The van der Waals surface area contributed by atoms with Crippen molar-refractivity contribution in [1.29, 1.82) is 0 Å². The molecule has 0 bridgehead atoms. The van der Waals surface area contributed by atoms with Crippen LogP contribution in [0.3, 0.4) is 0 Å². The van der Waals surface area contributed by atoms with Crippen LogP contribution in [0.4, 0.5) is 5.69 Å². The molecule has 8 heteroatoms. The third kappa shape index (κ3) is 5.32. The van der Waals surface area contributed by atoms with E-state index in [0.717, 1.165) is 5.56 Å². The Bertz CT molecular complexity index is 1030. The number of nitrogens with one attached hydrogen (secondary N) is 1. The molecule has 1 aliphatic heterocycles. The molecule has 1 atom stereocenters. The zero-order valence-corrected chi connectivity index (χ0v) is 16.5. The molecule has 29 heavy (non-hydrogen) atoms. The number of thioether (sulfide) groups is 1. The Morgan fingerprint density at radius 3 is 2.59 bits per heavy atom. The van der Waals surface area contributed by atoms with E-state index >= 15 is 0 Å². The summed E-state index contributed by atoms with van der Waals surface area (Å²) in [6.07, 6.45) is 0.759. The molecule has 1 fully saturated rings. The number of aliphatic carboxylic acids is 1. The number of rotatable bonds is 6. The number of aliphatic imine (C=N–C) groups is 1. The van der Waals surface area contributed by atoms with Gasteiger partial charge in [-0.05, 0) is 61.5 Å². The minimum atomic E-state index is -1.05. The standard InChI is InChI=1S/C21H18N2O5S/c1-12(24)15-4-3-5-16(11-15)22-21-23-19(25)18(29-21)10-14-6-8-17(9-7-14)28-13(2)20(26)27/h3-11,13H,1-2H3,(H,26,27)(H,22,23,25)/b18-10+. The van der Waals surface area contributed by atoms with E-state index in [1.807, 2.05) is 0 Å². The predicted octanol–water partition coefficient (Wildman–Crippen LogP) is 3.63. The van der Waals surface area contributed by atoms with E-state index in [4.69, 9.17) is 9.84 Å². The van der Waals surface area contributed by atoms with Gasteiger partial charge < -0.3 is 15.2 Å². The van der Waals surface area contributed by atoms with Crippen molar-refractivity contribution in [3.8, 4) is 5.75 Å². The van der Waals surface area contributed by atoms with Gasteiger partial charge in [-0.25, -0.2) is 9.79 Å². The fraction of sp³-hybridized carbons (Fsp3) is 0.143. The van der Waals surface area contributed by atoms with E-state index < -0.39 is 12.1 Å². The lowest BCUT2D eigenvalue weighted by atomic mass is 10.1. The van der Waals surface area contributed by atoms with Crippen molar-refractivity contribution in [1.82, 2.24) is 5.32 Å². The van der Waals surface area contributed by atoms with Crippen molar-refractivity contribution in [2.75, 3.05) is 0 Å². The third-order valence-electron chi connectivity index (χ3n) is 3.97. The molecular weight excluding hydrogens is 392 g/mol. The largest absolute Gasteiger partial charge is 0.479 e. The van der Waals surface area contributed by atoms with Crippen molar-refractivity contribution in [2.45, 2.75) is 20.0 Å². The van der Waals surface area contributed by atoms with Crippen LogP contribution >= 0.6 is 11.8 Å². The molecule has 0 aliphatic carbocycles. The Balaban J connectivity index is 1.73. The van der Waals surface area contributed by atoms with Gasteiger partial charge in [0.1, 0.15) is 5.75 Å². The number of ketones is 1. The van der Waals surface area contributed by atoms with Gasteiger partial charge in [0.2, 0.25) is 0 Å². The predicted molar refractivity (Wildman–Crippen MR) is 111 cm³/mol. The van der Waals surface area contributed by atoms with Crippen LogP contribution in [0.1, 0.15) is 29.8 Å². The molecule has 1 saturated heterocycles. The van der Waals surface area contributed by atoms with Crippen LogP contribution in [-0.4, -0.2) is 34.0 Å². The van der Waals surface area contributed by atoms with Crippen LogP contribution in [0.2, 0.25) is 0 Å². The minimum Gasteiger partial charge on any atom is -0.479 e. The van der Waals surface area contributed by atoms with Gasteiger partial charge in [0.15, 0.2) is 17.1 Å². The van der Waals surface area contributed by atoms with Crippen molar-refractivity contribution in [3.05, 3.63) is 64.6 Å². The lowest BCUT2D eigenvalue weighted by Crippen LogP contribution is -2.22. The quantitative estimate of drug-likeness (QED) is 0.557. The normalized spacial score (nSPS) is 17.2. The summed E-state index contributed by atoms with van der Waals surface area (Å²) >= 11 is 1.20. The summed E-state index contributed by atoms with van der Waals surface area (Å²) in [7, 11) is 0. The van der Waals surface area contributed by atoms with Gasteiger partial charge in [-0.1, -0.05) is 24.3 Å². The maximum atomic E-state index is 12.2. The van der Waals surface area contributed by atoms with Gasteiger partial charge in [-0.2, -0.15) is 0 Å². The number of amidine groups is 1. The van der Waals surface area contributed by atoms with Crippen molar-refractivity contribution in [2.24, 2.45) is 4.99 Å². The van der Waals surface area contributed by atoms with Gasteiger partial charge >= 0.3 is 5.97 Å². The van der Waals surface area contributed by atoms with Crippen molar-refractivity contribution < 1.29 is 24.2 Å². The number of amides is 1. The topological polar surface area (TPSA) is 105 Å². The molecule has 0 spiro atoms. The third-order valence-corrected chi connectivity index (χ3v) is 4.88. The second-order valence-electron chi connectivity index (χ2n) is 6.26. The summed E-state index contributed by atoms with van der Waals surface area (Å²) < 4.78 is 5.28. The number of hydrogen-bond acceptors (Lipinski definition) is 6. The Morgan fingerprint density at radius 2 is 1.93 bits per heavy atom. The molecule has 2 N–H and O–H groups in total. The second kappa shape index (κ2) is 8.74. The first-order valence-electron chi connectivity index (χ1n) is 8.72. The number of carboxylic acid groups (broad SMARTS) is 1. The molecule has 0 aromatic heterocycles. The molecule has 0 saturated carbocycles. The first-order chi connectivity index (χ1) is 13.8. The van der Waals surface area contributed by atoms with E-state index in [-0.39, 0.29) is 11.7 Å². The van der Waals surface area contributed by atoms with Gasteiger partial charge in [-0.15, -0.1) is 0 Å². The maximum absolute atomic E-state index is 12.2. The fourth-order valence-electron chi connectivity index (χ4n) is 2.44. The summed E-state index contributed by atoms with van der Waals surface area (Å²) in [5.74, 6) is -0.939. The van der Waals surface area contributed by atoms with E-state index in [1.54, 1.807) is 54.6 Å². The number of carbonyl (C=O) groups is 3. The van der Waals surface area contributed by atoms with E-state index in [0.29, 0.717) is 27.1 Å². The molecule has 2 aromatic carbocycles. The molecule has 0 radical (unpaired) electrons. The van der Waals surface area contributed by atoms with Gasteiger partial charge in [0.25, 0.3) is 5.91 Å². The lowest BCUT2D eigenvalue weighted by Gasteiger charge is -2.10. The summed E-state index contributed by atoms with van der Waals surface area (Å²) in [5, 5.41) is 12.0. The summed E-state index contributed by atoms with van der Waals surface area (Å²) in [4.78, 5) is 39.4. The van der Waals surface area contributed by atoms with Crippen LogP contribution in [0.25, 0.3) is 6.08 Å². The van der Waals surface area contributed by atoms with E-state index in [1.165, 1.54) is 25.6 Å². The molecule has 3 rings (SSSR count). The molecule has 1 amide bonds. The number of nitrogens with zero attached hydrogens (tertiary/aromatic N) is 1. The fourth-order valence-corrected chi connectivity index (χ4v) is 3.28. The van der Waals surface area contributed by atoms with Crippen LogP contribution in [0.15, 0.2) is 58.4 Å². The average molecular weight is 410 g/mol. The van der Waals surface area contributed by atoms with Gasteiger partial charge in [0, 0.05) is 5.56 Å². The van der Waals surface area contributed by atoms with Gasteiger partial charge in [0.05, 0.1) is 10.6 Å². The minimum absolute atomic E-state index is 0.0547. The number of ether oxygens (including phenoxy) is 1. The molecule has 1 unspecified atom stereocenters. The maximum Gasteiger partial charge on any atom is 0.344 e. The highest BCUT2D eigenvalue weighted by molar-refractivity contribution is 8.18. The molecule has 1 aliphatic rings. The zero-order valence-electron chi connectivity index (χ0n) is 15.7. The number of benzene rings is 2. The summed E-state index contributed by atoms with van der Waals surface area (Å²) in [6.45, 7) is 2.93. The second-order valence-corrected chi connectivity index (χ2v) is 7.29. The number of hydrogen-bond donors (Lipinski definition) is 2. The Morgan fingerprint density at radius 1 is 1.21 bits per heavy atom. The highest BCUT2D eigenvalue weighted by atomic mass is 32.2. The zero-order chi connectivity index (χ0) is 21.0. The van der Waals surface area contributed by atoms with E-state index in [9.17, 15) is 14.4 Å². The Hall–Kier alpha value is -3.39. The van der Waals surface area contributed by atoms with Crippen molar-refractivity contribution >= 4 is 46.4 Å². The molecule has 7 nitrogen and oxygen atoms in total. The highest BCUT2D eigenvalue weighted by Crippen LogP contribution is 2.28. The van der Waals surface area contributed by atoms with Crippen LogP contribution in [0.5, 0.6) is 5.75 Å². The molecule has 2 aromatic rings. The van der Waals surface area contributed by atoms with Crippen molar-refractivity contribution in [3.63, 3.8) is 0 Å². The highest BCUT2D eigenvalue weighted by Gasteiger charge is 2.24. The Kier molecular flexibility index (Phi) is 6.13. The summed E-state index contributed by atoms with van der Waals surface area (Å²) in [6, 6.07) is 13.6. The SMILES string of the molecule is CC(=O)c1cccc(N=C2NC(=O)/C(=C\c3ccc(OC(C)C(=O)O)cc3)S2)c1. The molecule has 148 valence electrons. The molecule has 1 heterocycles. The number of carbonyl (C=O) groups excluding carboxylic acids is 2. The smallest absolute Gasteiger partial charge is 0.344 e. The van der Waals surface area contributed by atoms with Gasteiger partial charge in [-0.3, -0.25) is 9.59 Å². The lowest BCUT2D eigenvalue weighted by molar-refractivity contribution is -0.144. The number of Topliss-reactive ketones (excluding diaryl/α,β-unsaturated/α-hetero) is 1. The van der Waals surface area contributed by atoms with E-state index in [2.05, 4.69) is 10.3 Å². The van der Waals surface area contributed by atoms with Crippen LogP contribution in [-0.2, 0) is 9.59 Å². The first kappa shape index (κ1) is 20.3. The monoisotopic (exact) mass is 410 g/mol. The first-order valence-corrected chi connectivity index (χ1v) is 9.53. The average Bonchev–Trinajstić information content (AvgIpc) is 3.02. The Labute approximate surface area is 171 Å². The number of carboxylic acids is 1. The van der Waals surface area contributed by atoms with Crippen LogP contribution < -0.4 is 10.1 Å².